The monoisotopic (exact) mass is 474 g/mol. The van der Waals surface area contributed by atoms with Gasteiger partial charge in [0, 0.05) is 36.8 Å². The summed E-state index contributed by atoms with van der Waals surface area (Å²) in [5.41, 5.74) is 3.59. The quantitative estimate of drug-likeness (QED) is 0.429. The van der Waals surface area contributed by atoms with Crippen molar-refractivity contribution in [2.24, 2.45) is 0 Å². The lowest BCUT2D eigenvalue weighted by Crippen LogP contribution is -2.49. The predicted molar refractivity (Wildman–Crippen MR) is 135 cm³/mol. The van der Waals surface area contributed by atoms with Gasteiger partial charge in [-0.2, -0.15) is 5.10 Å². The van der Waals surface area contributed by atoms with Gasteiger partial charge in [0.25, 0.3) is 5.91 Å². The Morgan fingerprint density at radius 3 is 2.38 bits per heavy atom. The van der Waals surface area contributed by atoms with E-state index in [0.717, 1.165) is 28.1 Å². The third-order valence-electron chi connectivity index (χ3n) is 6.26. The van der Waals surface area contributed by atoms with E-state index in [2.05, 4.69) is 52.9 Å². The second-order valence-electron chi connectivity index (χ2n) is 9.58. The molecule has 34 heavy (non-hydrogen) atoms. The van der Waals surface area contributed by atoms with Crippen molar-refractivity contribution in [3.63, 3.8) is 0 Å². The highest BCUT2D eigenvalue weighted by Crippen LogP contribution is 2.27. The van der Waals surface area contributed by atoms with Crippen molar-refractivity contribution >= 4 is 34.4 Å². The number of carbonyl (C=O) groups is 1. The van der Waals surface area contributed by atoms with E-state index in [1.165, 1.54) is 5.56 Å². The summed E-state index contributed by atoms with van der Waals surface area (Å²) in [5.74, 6) is 0.904. The van der Waals surface area contributed by atoms with Crippen LogP contribution < -0.4 is 4.90 Å². The highest BCUT2D eigenvalue weighted by Gasteiger charge is 2.25. The Morgan fingerprint density at radius 1 is 0.971 bits per heavy atom. The second kappa shape index (κ2) is 8.72. The maximum atomic E-state index is 13.1. The predicted octanol–water partition coefficient (Wildman–Crippen LogP) is 4.73. The van der Waals surface area contributed by atoms with Crippen LogP contribution in [0.3, 0.4) is 0 Å². The topological polar surface area (TPSA) is 67.2 Å². The van der Waals surface area contributed by atoms with Gasteiger partial charge < -0.3 is 9.80 Å². The van der Waals surface area contributed by atoms with Crippen LogP contribution in [0.5, 0.6) is 0 Å². The van der Waals surface area contributed by atoms with Gasteiger partial charge in [-0.15, -0.1) is 0 Å². The summed E-state index contributed by atoms with van der Waals surface area (Å²) in [4.78, 5) is 26.2. The molecule has 5 rings (SSSR count). The van der Waals surface area contributed by atoms with Crippen molar-refractivity contribution in [2.75, 3.05) is 31.1 Å². The third kappa shape index (κ3) is 4.23. The zero-order valence-electron chi connectivity index (χ0n) is 19.6. The molecule has 8 heteroatoms. The molecule has 7 nitrogen and oxygen atoms in total. The van der Waals surface area contributed by atoms with Crippen molar-refractivity contribution < 1.29 is 4.79 Å². The number of halogens is 1. The van der Waals surface area contributed by atoms with Crippen molar-refractivity contribution in [1.82, 2.24) is 24.6 Å². The molecule has 2 aromatic carbocycles. The Balaban J connectivity index is 1.32. The number of hydrogen-bond acceptors (Lipinski definition) is 5. The van der Waals surface area contributed by atoms with Crippen LogP contribution in [-0.2, 0) is 5.41 Å². The molecular weight excluding hydrogens is 448 g/mol. The molecule has 0 radical (unpaired) electrons. The maximum absolute atomic E-state index is 13.1. The number of aromatic nitrogens is 4. The number of hydrogen-bond donors (Lipinski definition) is 0. The maximum Gasteiger partial charge on any atom is 0.253 e. The molecule has 0 saturated carbocycles. The zero-order chi connectivity index (χ0) is 23.9. The van der Waals surface area contributed by atoms with E-state index in [4.69, 9.17) is 11.6 Å². The number of fused-ring (bicyclic) bond motifs is 1. The van der Waals surface area contributed by atoms with Crippen LogP contribution in [0.15, 0.2) is 61.1 Å². The number of rotatable bonds is 3. The first-order chi connectivity index (χ1) is 16.3. The Labute approximate surface area is 204 Å². The summed E-state index contributed by atoms with van der Waals surface area (Å²) in [5, 5.41) is 6.05. The average Bonchev–Trinajstić information content (AvgIpc) is 3.28. The summed E-state index contributed by atoms with van der Waals surface area (Å²) in [6, 6.07) is 15.5. The van der Waals surface area contributed by atoms with E-state index in [1.54, 1.807) is 17.2 Å². The first-order valence-corrected chi connectivity index (χ1v) is 11.8. The van der Waals surface area contributed by atoms with E-state index < -0.39 is 0 Å². The van der Waals surface area contributed by atoms with Gasteiger partial charge in [0.15, 0.2) is 5.65 Å². The number of piperazine rings is 1. The van der Waals surface area contributed by atoms with E-state index in [-0.39, 0.29) is 11.3 Å². The van der Waals surface area contributed by atoms with Crippen molar-refractivity contribution in [2.45, 2.75) is 26.2 Å². The summed E-state index contributed by atoms with van der Waals surface area (Å²) < 4.78 is 1.77. The lowest BCUT2D eigenvalue weighted by Gasteiger charge is -2.35. The van der Waals surface area contributed by atoms with Crippen LogP contribution in [0.2, 0.25) is 5.02 Å². The summed E-state index contributed by atoms with van der Waals surface area (Å²) in [7, 11) is 0. The minimum Gasteiger partial charge on any atom is -0.352 e. The van der Waals surface area contributed by atoms with Gasteiger partial charge in [-0.05, 0) is 41.3 Å². The number of anilines is 1. The zero-order valence-corrected chi connectivity index (χ0v) is 20.3. The molecule has 0 spiro atoms. The van der Waals surface area contributed by atoms with E-state index >= 15 is 0 Å². The fourth-order valence-corrected chi connectivity index (χ4v) is 4.48. The minimum absolute atomic E-state index is 0.0661. The molecule has 1 aliphatic rings. The molecule has 1 saturated heterocycles. The van der Waals surface area contributed by atoms with E-state index in [1.807, 2.05) is 41.3 Å². The molecule has 0 atom stereocenters. The lowest BCUT2D eigenvalue weighted by molar-refractivity contribution is 0.0746. The highest BCUT2D eigenvalue weighted by molar-refractivity contribution is 6.30. The largest absolute Gasteiger partial charge is 0.352 e. The SMILES string of the molecule is CC(C)(C)c1ccc(C(=O)N2CCN(c3ncnc4c3cnn4-c3cccc(Cl)c3)CC2)cc1. The van der Waals surface area contributed by atoms with Crippen LogP contribution in [0.4, 0.5) is 5.82 Å². The number of benzene rings is 2. The van der Waals surface area contributed by atoms with Crippen LogP contribution in [0, 0.1) is 0 Å². The molecule has 2 aromatic heterocycles. The fourth-order valence-electron chi connectivity index (χ4n) is 4.30. The molecule has 1 aliphatic heterocycles. The molecule has 174 valence electrons. The fraction of sp³-hybridized carbons (Fsp3) is 0.308. The molecule has 3 heterocycles. The second-order valence-corrected chi connectivity index (χ2v) is 10.0. The number of carbonyl (C=O) groups excluding carboxylic acids is 1. The van der Waals surface area contributed by atoms with E-state index in [0.29, 0.717) is 31.2 Å². The molecular formula is C26H27ClN6O. The molecule has 0 aliphatic carbocycles. The number of nitrogens with zero attached hydrogens (tertiary/aromatic N) is 6. The smallest absolute Gasteiger partial charge is 0.253 e. The first kappa shape index (κ1) is 22.3. The first-order valence-electron chi connectivity index (χ1n) is 11.4. The van der Waals surface area contributed by atoms with Gasteiger partial charge in [0.1, 0.15) is 12.1 Å². The normalized spacial score (nSPS) is 14.6. The van der Waals surface area contributed by atoms with Crippen LogP contribution in [-0.4, -0.2) is 56.7 Å². The molecule has 4 aromatic rings. The molecule has 0 bridgehead atoms. The lowest BCUT2D eigenvalue weighted by atomic mass is 9.86. The van der Waals surface area contributed by atoms with Crippen molar-refractivity contribution in [3.8, 4) is 5.69 Å². The van der Waals surface area contributed by atoms with Gasteiger partial charge in [-0.25, -0.2) is 14.6 Å². The number of amides is 1. The van der Waals surface area contributed by atoms with Crippen molar-refractivity contribution in [3.05, 3.63) is 77.2 Å². The van der Waals surface area contributed by atoms with Gasteiger partial charge in [0.05, 0.1) is 17.3 Å². The standard InChI is InChI=1S/C26H27ClN6O/c1-26(2,3)19-9-7-18(8-10-19)25(34)32-13-11-31(12-14-32)23-22-16-30-33(24(22)29-17-28-23)21-6-4-5-20(27)15-21/h4-10,15-17H,11-14H2,1-3H3. The third-order valence-corrected chi connectivity index (χ3v) is 6.50. The highest BCUT2D eigenvalue weighted by atomic mass is 35.5. The molecule has 0 N–H and O–H groups in total. The van der Waals surface area contributed by atoms with Gasteiger partial charge in [0.2, 0.25) is 0 Å². The summed E-state index contributed by atoms with van der Waals surface area (Å²) >= 11 is 6.16. The minimum atomic E-state index is 0.0661. The molecule has 1 fully saturated rings. The Kier molecular flexibility index (Phi) is 5.73. The molecule has 0 unspecified atom stereocenters. The van der Waals surface area contributed by atoms with E-state index in [9.17, 15) is 4.79 Å². The Hall–Kier alpha value is -3.45. The van der Waals surface area contributed by atoms with Crippen LogP contribution in [0.25, 0.3) is 16.7 Å². The summed E-state index contributed by atoms with van der Waals surface area (Å²) in [6.07, 6.45) is 3.36. The Morgan fingerprint density at radius 2 is 1.71 bits per heavy atom. The van der Waals surface area contributed by atoms with Gasteiger partial charge in [-0.3, -0.25) is 4.79 Å². The Bertz CT molecular complexity index is 1330. The molecule has 1 amide bonds. The van der Waals surface area contributed by atoms with Crippen molar-refractivity contribution in [1.29, 1.82) is 0 Å². The van der Waals surface area contributed by atoms with Gasteiger partial charge >= 0.3 is 0 Å². The average molecular weight is 475 g/mol. The summed E-state index contributed by atoms with van der Waals surface area (Å²) in [6.45, 7) is 9.17. The van der Waals surface area contributed by atoms with Crippen LogP contribution in [0.1, 0.15) is 36.7 Å². The van der Waals surface area contributed by atoms with Gasteiger partial charge in [-0.1, -0.05) is 50.6 Å². The van der Waals surface area contributed by atoms with Crippen LogP contribution >= 0.6 is 11.6 Å².